The van der Waals surface area contributed by atoms with E-state index >= 15 is 0 Å². The summed E-state index contributed by atoms with van der Waals surface area (Å²) in [5.41, 5.74) is 1.38. The van der Waals surface area contributed by atoms with Gasteiger partial charge in [0.25, 0.3) is 0 Å². The van der Waals surface area contributed by atoms with Crippen molar-refractivity contribution < 1.29 is 0 Å². The van der Waals surface area contributed by atoms with Crippen LogP contribution in [-0.4, -0.2) is 19.1 Å². The summed E-state index contributed by atoms with van der Waals surface area (Å²) >= 11 is 0. The molecule has 1 unspecified atom stereocenters. The molecule has 2 nitrogen and oxygen atoms in total. The summed E-state index contributed by atoms with van der Waals surface area (Å²) < 4.78 is 0. The van der Waals surface area contributed by atoms with Gasteiger partial charge < -0.3 is 10.6 Å². The van der Waals surface area contributed by atoms with Gasteiger partial charge in [0, 0.05) is 18.6 Å². The normalized spacial score (nSPS) is 23.7. The van der Waals surface area contributed by atoms with Crippen LogP contribution in [0.4, 0.5) is 0 Å². The lowest BCUT2D eigenvalue weighted by Crippen LogP contribution is -2.43. The van der Waals surface area contributed by atoms with Gasteiger partial charge in [0.2, 0.25) is 0 Å². The molecule has 1 fully saturated rings. The molecular weight excluding hydrogens is 184 g/mol. The Morgan fingerprint density at radius 1 is 1.33 bits per heavy atom. The molecule has 1 aromatic carbocycles. The second-order valence-electron chi connectivity index (χ2n) is 4.34. The lowest BCUT2D eigenvalue weighted by Gasteiger charge is -2.27. The Bertz CT molecular complexity index is 278. The molecule has 0 aromatic heterocycles. The number of rotatable bonds is 3. The zero-order valence-electron chi connectivity index (χ0n) is 9.37. The van der Waals surface area contributed by atoms with Crippen molar-refractivity contribution in [2.45, 2.75) is 31.8 Å². The van der Waals surface area contributed by atoms with Crippen LogP contribution in [0.3, 0.4) is 0 Å². The van der Waals surface area contributed by atoms with E-state index in [1.807, 2.05) is 0 Å². The molecule has 2 rings (SSSR count). The number of hydrogen-bond donors (Lipinski definition) is 2. The molecule has 82 valence electrons. The molecule has 1 heterocycles. The summed E-state index contributed by atoms with van der Waals surface area (Å²) in [5.74, 6) is 0. The smallest absolute Gasteiger partial charge is 0.0294 e. The van der Waals surface area contributed by atoms with Crippen molar-refractivity contribution in [3.8, 4) is 0 Å². The van der Waals surface area contributed by atoms with Crippen molar-refractivity contribution >= 4 is 0 Å². The van der Waals surface area contributed by atoms with Crippen LogP contribution in [0.5, 0.6) is 0 Å². The van der Waals surface area contributed by atoms with Crippen LogP contribution in [0.1, 0.15) is 31.4 Å². The van der Waals surface area contributed by atoms with E-state index in [9.17, 15) is 0 Å². The van der Waals surface area contributed by atoms with Gasteiger partial charge in [0.05, 0.1) is 0 Å². The molecule has 15 heavy (non-hydrogen) atoms. The van der Waals surface area contributed by atoms with Crippen molar-refractivity contribution in [1.29, 1.82) is 0 Å². The average Bonchev–Trinajstić information content (AvgIpc) is 2.31. The first-order valence-electron chi connectivity index (χ1n) is 5.88. The fourth-order valence-corrected chi connectivity index (χ4v) is 2.19. The van der Waals surface area contributed by atoms with Gasteiger partial charge in [-0.3, -0.25) is 0 Å². The third-order valence-corrected chi connectivity index (χ3v) is 3.08. The Hall–Kier alpha value is -0.860. The van der Waals surface area contributed by atoms with E-state index in [1.54, 1.807) is 0 Å². The topological polar surface area (TPSA) is 24.1 Å². The third kappa shape index (κ3) is 3.05. The Morgan fingerprint density at radius 3 is 2.80 bits per heavy atom. The average molecular weight is 204 g/mol. The zero-order chi connectivity index (χ0) is 10.5. The fraction of sp³-hybridized carbons (Fsp3) is 0.538. The second-order valence-corrected chi connectivity index (χ2v) is 4.34. The molecule has 1 saturated heterocycles. The molecule has 0 spiro atoms. The van der Waals surface area contributed by atoms with Crippen LogP contribution in [-0.2, 0) is 0 Å². The predicted molar refractivity (Wildman–Crippen MR) is 63.9 cm³/mol. The van der Waals surface area contributed by atoms with Crippen LogP contribution in [0, 0.1) is 0 Å². The lowest BCUT2D eigenvalue weighted by molar-refractivity contribution is 0.362. The monoisotopic (exact) mass is 204 g/mol. The molecule has 1 aliphatic rings. The minimum Gasteiger partial charge on any atom is -0.315 e. The maximum atomic E-state index is 3.67. The first kappa shape index (κ1) is 10.7. The summed E-state index contributed by atoms with van der Waals surface area (Å²) in [6.45, 7) is 4.53. The third-order valence-electron chi connectivity index (χ3n) is 3.08. The molecular formula is C13H20N2. The van der Waals surface area contributed by atoms with Crippen LogP contribution < -0.4 is 10.6 Å². The Labute approximate surface area is 92.1 Å². The summed E-state index contributed by atoms with van der Waals surface area (Å²) in [5, 5.41) is 7.10. The number of hydrogen-bond acceptors (Lipinski definition) is 2. The molecule has 1 aromatic rings. The van der Waals surface area contributed by atoms with Crippen LogP contribution in [0.25, 0.3) is 0 Å². The number of nitrogens with one attached hydrogen (secondary N) is 2. The van der Waals surface area contributed by atoms with E-state index in [4.69, 9.17) is 0 Å². The van der Waals surface area contributed by atoms with E-state index in [-0.39, 0.29) is 0 Å². The Morgan fingerprint density at radius 2 is 2.13 bits per heavy atom. The SMILES string of the molecule is C[C@@H](NC1CCCNC1)c1ccccc1. The maximum Gasteiger partial charge on any atom is 0.0294 e. The van der Waals surface area contributed by atoms with Gasteiger partial charge in [-0.2, -0.15) is 0 Å². The van der Waals surface area contributed by atoms with Gasteiger partial charge in [0.15, 0.2) is 0 Å². The van der Waals surface area contributed by atoms with E-state index in [0.29, 0.717) is 12.1 Å². The fourth-order valence-electron chi connectivity index (χ4n) is 2.19. The molecule has 0 radical (unpaired) electrons. The van der Waals surface area contributed by atoms with E-state index in [1.165, 1.54) is 24.9 Å². The first-order chi connectivity index (χ1) is 7.36. The lowest BCUT2D eigenvalue weighted by atomic mass is 10.0. The molecule has 0 saturated carbocycles. The van der Waals surface area contributed by atoms with Gasteiger partial charge >= 0.3 is 0 Å². The zero-order valence-corrected chi connectivity index (χ0v) is 9.37. The standard InChI is InChI=1S/C13H20N2/c1-11(12-6-3-2-4-7-12)15-13-8-5-9-14-10-13/h2-4,6-7,11,13-15H,5,8-10H2,1H3/t11-,13?/m1/s1. The van der Waals surface area contributed by atoms with E-state index < -0.39 is 0 Å². The Balaban J connectivity index is 1.88. The largest absolute Gasteiger partial charge is 0.315 e. The van der Waals surface area contributed by atoms with Crippen molar-refractivity contribution in [3.05, 3.63) is 35.9 Å². The van der Waals surface area contributed by atoms with Crippen molar-refractivity contribution in [2.24, 2.45) is 0 Å². The maximum absolute atomic E-state index is 3.67. The van der Waals surface area contributed by atoms with Crippen LogP contribution in [0.15, 0.2) is 30.3 Å². The molecule has 2 atom stereocenters. The minimum atomic E-state index is 0.455. The van der Waals surface area contributed by atoms with Gasteiger partial charge in [0.1, 0.15) is 0 Å². The van der Waals surface area contributed by atoms with Gasteiger partial charge in [-0.25, -0.2) is 0 Å². The Kier molecular flexibility index (Phi) is 3.75. The highest BCUT2D eigenvalue weighted by Crippen LogP contribution is 2.14. The first-order valence-corrected chi connectivity index (χ1v) is 5.88. The quantitative estimate of drug-likeness (QED) is 0.788. The molecule has 2 heteroatoms. The van der Waals surface area contributed by atoms with Crippen LogP contribution >= 0.6 is 0 Å². The van der Waals surface area contributed by atoms with Crippen molar-refractivity contribution in [3.63, 3.8) is 0 Å². The van der Waals surface area contributed by atoms with Gasteiger partial charge in [-0.15, -0.1) is 0 Å². The molecule has 0 amide bonds. The molecule has 1 aliphatic heterocycles. The highest BCUT2D eigenvalue weighted by Gasteiger charge is 2.15. The van der Waals surface area contributed by atoms with E-state index in [0.717, 1.165) is 6.54 Å². The highest BCUT2D eigenvalue weighted by molar-refractivity contribution is 5.18. The van der Waals surface area contributed by atoms with Gasteiger partial charge in [-0.1, -0.05) is 30.3 Å². The highest BCUT2D eigenvalue weighted by atomic mass is 15.0. The number of benzene rings is 1. The summed E-state index contributed by atoms with van der Waals surface area (Å²) in [4.78, 5) is 0. The summed E-state index contributed by atoms with van der Waals surface area (Å²) in [6, 6.07) is 11.7. The summed E-state index contributed by atoms with van der Waals surface area (Å²) in [7, 11) is 0. The molecule has 2 N–H and O–H groups in total. The molecule has 0 aliphatic carbocycles. The molecule has 0 bridgehead atoms. The van der Waals surface area contributed by atoms with Gasteiger partial charge in [-0.05, 0) is 31.9 Å². The summed E-state index contributed by atoms with van der Waals surface area (Å²) in [6.07, 6.45) is 2.59. The van der Waals surface area contributed by atoms with Crippen molar-refractivity contribution in [2.75, 3.05) is 13.1 Å². The minimum absolute atomic E-state index is 0.455. The second kappa shape index (κ2) is 5.29. The van der Waals surface area contributed by atoms with E-state index in [2.05, 4.69) is 47.9 Å². The predicted octanol–water partition coefficient (Wildman–Crippen LogP) is 2.09. The van der Waals surface area contributed by atoms with Crippen LogP contribution in [0.2, 0.25) is 0 Å². The van der Waals surface area contributed by atoms with Crippen molar-refractivity contribution in [1.82, 2.24) is 10.6 Å². The number of piperidine rings is 1.